The van der Waals surface area contributed by atoms with Crippen molar-refractivity contribution in [1.82, 2.24) is 30.8 Å². The van der Waals surface area contributed by atoms with Gasteiger partial charge in [-0.15, -0.1) is 6.58 Å². The fourth-order valence-corrected chi connectivity index (χ4v) is 10.2. The van der Waals surface area contributed by atoms with E-state index in [4.69, 9.17) is 9.31 Å². The summed E-state index contributed by atoms with van der Waals surface area (Å²) in [6.45, 7) is 18.7. The van der Waals surface area contributed by atoms with Crippen molar-refractivity contribution >= 4 is 30.7 Å². The Hall–Kier alpha value is -3.32. The van der Waals surface area contributed by atoms with Gasteiger partial charge in [-0.2, -0.15) is 0 Å². The molecule has 3 heterocycles. The third-order valence-electron chi connectivity index (χ3n) is 13.8. The Morgan fingerprint density at radius 3 is 2.42 bits per heavy atom. The van der Waals surface area contributed by atoms with Crippen molar-refractivity contribution in [2.24, 2.45) is 35.0 Å². The molecule has 2 saturated heterocycles. The Morgan fingerprint density at radius 2 is 1.79 bits per heavy atom. The zero-order valence-corrected chi connectivity index (χ0v) is 32.9. The third kappa shape index (κ3) is 7.41. The minimum atomic E-state index is -1.25. The van der Waals surface area contributed by atoms with Gasteiger partial charge in [-0.1, -0.05) is 79.7 Å². The second-order valence-corrected chi connectivity index (χ2v) is 17.9. The van der Waals surface area contributed by atoms with E-state index in [-0.39, 0.29) is 40.9 Å². The van der Waals surface area contributed by atoms with Crippen LogP contribution in [-0.4, -0.2) is 87.4 Å². The van der Waals surface area contributed by atoms with Crippen molar-refractivity contribution in [2.75, 3.05) is 6.54 Å². The van der Waals surface area contributed by atoms with Crippen molar-refractivity contribution in [3.63, 3.8) is 0 Å². The molecule has 53 heavy (non-hydrogen) atoms. The van der Waals surface area contributed by atoms with Crippen LogP contribution in [0.2, 0.25) is 0 Å². The predicted octanol–water partition coefficient (Wildman–Crippen LogP) is 4.64. The quantitative estimate of drug-likeness (QED) is 0.185. The van der Waals surface area contributed by atoms with Crippen molar-refractivity contribution < 1.29 is 28.5 Å². The minimum absolute atomic E-state index is 0.0259. The summed E-state index contributed by atoms with van der Waals surface area (Å²) in [5.41, 5.74) is -1.38. The first-order chi connectivity index (χ1) is 25.1. The Bertz CT molecular complexity index is 1540. The maximum absolute atomic E-state index is 14.8. The van der Waals surface area contributed by atoms with Gasteiger partial charge in [0, 0.05) is 18.9 Å². The van der Waals surface area contributed by atoms with E-state index >= 15 is 0 Å². The molecule has 2 unspecified atom stereocenters. The molecule has 4 aliphatic carbocycles. The van der Waals surface area contributed by atoms with Gasteiger partial charge >= 0.3 is 7.12 Å². The number of rotatable bonds is 14. The molecular formula is C40H61BN6O6. The fraction of sp³-hybridized carbons (Fsp3) is 0.750. The lowest BCUT2D eigenvalue weighted by molar-refractivity contribution is -0.199. The van der Waals surface area contributed by atoms with Crippen molar-refractivity contribution in [3.05, 3.63) is 36.9 Å². The summed E-state index contributed by atoms with van der Waals surface area (Å²) >= 11 is 0. The number of nitrogens with zero attached hydrogens (tertiary/aromatic N) is 3. The van der Waals surface area contributed by atoms with Gasteiger partial charge in [0.15, 0.2) is 0 Å². The SMILES string of the molecule is C=CC[C@H](NC(=O)[C@H](CC1CCCCC1)N1CCC(NC(=O)[C@@H](NC(=O)c2cnccn2)C(C)C)(C(C)C)C1=O)B1O[C@@H]2CC3C[C@@H](C3(C)C)[C@]2(C)O1. The number of hydrogen-bond acceptors (Lipinski definition) is 8. The predicted molar refractivity (Wildman–Crippen MR) is 202 cm³/mol. The van der Waals surface area contributed by atoms with Gasteiger partial charge in [-0.25, -0.2) is 4.98 Å². The van der Waals surface area contributed by atoms with Crippen LogP contribution in [0.15, 0.2) is 31.2 Å². The van der Waals surface area contributed by atoms with Crippen LogP contribution >= 0.6 is 0 Å². The van der Waals surface area contributed by atoms with E-state index in [0.29, 0.717) is 43.6 Å². The topological polar surface area (TPSA) is 152 Å². The summed E-state index contributed by atoms with van der Waals surface area (Å²) in [5, 5.41) is 9.19. The molecule has 0 radical (unpaired) electrons. The molecule has 1 aromatic rings. The van der Waals surface area contributed by atoms with Gasteiger partial charge in [0.2, 0.25) is 17.7 Å². The molecule has 0 spiro atoms. The number of nitrogens with one attached hydrogen (secondary N) is 3. The van der Waals surface area contributed by atoms with Crippen LogP contribution < -0.4 is 16.0 Å². The van der Waals surface area contributed by atoms with E-state index in [1.165, 1.54) is 25.0 Å². The molecule has 8 atom stereocenters. The van der Waals surface area contributed by atoms with E-state index in [0.717, 1.165) is 38.5 Å². The van der Waals surface area contributed by atoms with Gasteiger partial charge in [-0.3, -0.25) is 24.2 Å². The van der Waals surface area contributed by atoms with Crippen molar-refractivity contribution in [2.45, 2.75) is 148 Å². The van der Waals surface area contributed by atoms with Gasteiger partial charge in [0.25, 0.3) is 5.91 Å². The molecule has 4 amide bonds. The number of carbonyl (C=O) groups excluding carboxylic acids is 4. The Kier molecular flexibility index (Phi) is 11.5. The number of hydrogen-bond donors (Lipinski definition) is 3. The van der Waals surface area contributed by atoms with Crippen LogP contribution in [0.4, 0.5) is 0 Å². The normalized spacial score (nSPS) is 31.0. The Labute approximate surface area is 315 Å². The van der Waals surface area contributed by atoms with E-state index in [1.807, 2.05) is 27.7 Å². The highest BCUT2D eigenvalue weighted by Crippen LogP contribution is 2.65. The molecule has 7 rings (SSSR count). The summed E-state index contributed by atoms with van der Waals surface area (Å²) in [4.78, 5) is 66.1. The molecule has 3 N–H and O–H groups in total. The first-order valence-electron chi connectivity index (χ1n) is 20.1. The third-order valence-corrected chi connectivity index (χ3v) is 13.8. The molecule has 290 valence electrons. The molecule has 2 bridgehead atoms. The zero-order valence-electron chi connectivity index (χ0n) is 32.9. The number of amides is 4. The summed E-state index contributed by atoms with van der Waals surface area (Å²) in [6.07, 6.45) is 14.9. The smallest absolute Gasteiger partial charge is 0.404 e. The Balaban J connectivity index is 1.21. The average molecular weight is 733 g/mol. The molecule has 1 aromatic heterocycles. The lowest BCUT2D eigenvalue weighted by atomic mass is 9.43. The lowest BCUT2D eigenvalue weighted by Gasteiger charge is -2.64. The monoisotopic (exact) mass is 732 g/mol. The summed E-state index contributed by atoms with van der Waals surface area (Å²) < 4.78 is 13.4. The maximum Gasteiger partial charge on any atom is 0.482 e. The van der Waals surface area contributed by atoms with E-state index < -0.39 is 48.1 Å². The van der Waals surface area contributed by atoms with Gasteiger partial charge in [0.1, 0.15) is 23.3 Å². The van der Waals surface area contributed by atoms with E-state index in [1.54, 1.807) is 11.0 Å². The van der Waals surface area contributed by atoms with Crippen LogP contribution in [0.5, 0.6) is 0 Å². The van der Waals surface area contributed by atoms with Crippen molar-refractivity contribution in [3.8, 4) is 0 Å². The summed E-state index contributed by atoms with van der Waals surface area (Å²) in [6, 6.07) is -1.64. The average Bonchev–Trinajstić information content (AvgIpc) is 3.66. The van der Waals surface area contributed by atoms with Gasteiger partial charge in [0.05, 0.1) is 23.8 Å². The van der Waals surface area contributed by atoms with Crippen LogP contribution in [0.1, 0.15) is 123 Å². The summed E-state index contributed by atoms with van der Waals surface area (Å²) in [7, 11) is -0.620. The highest BCUT2D eigenvalue weighted by molar-refractivity contribution is 6.48. The molecule has 2 aliphatic heterocycles. The molecule has 6 fully saturated rings. The van der Waals surface area contributed by atoms with Crippen molar-refractivity contribution in [1.29, 1.82) is 0 Å². The molecular weight excluding hydrogens is 671 g/mol. The number of carbonyl (C=O) groups is 4. The standard InChI is InChI=1S/C40H61BN6O6/c1-9-13-32(41-52-31-22-27-21-30(38(27,6)7)39(31,8)53-41)44-35(49)29(20-26-14-11-10-12-15-26)47-19-16-40(25(4)5,37(47)51)46-36(50)33(24(2)3)45-34(48)28-23-42-17-18-43-28/h9,17-18,23-27,29-33H,1,10-16,19-22H2,2-8H3,(H,44,49)(H,45,48)(H,46,50)/t27?,29-,30-,31+,32-,33-,39-,40?/m0/s1. The van der Waals surface area contributed by atoms with Crippen LogP contribution in [0.25, 0.3) is 0 Å². The fourth-order valence-electron chi connectivity index (χ4n) is 10.2. The van der Waals surface area contributed by atoms with E-state index in [9.17, 15) is 19.2 Å². The summed E-state index contributed by atoms with van der Waals surface area (Å²) in [5.74, 6) is -1.18. The maximum atomic E-state index is 14.8. The van der Waals surface area contributed by atoms with Crippen LogP contribution in [-0.2, 0) is 23.7 Å². The lowest BCUT2D eigenvalue weighted by Crippen LogP contribution is -2.65. The second kappa shape index (κ2) is 15.4. The first kappa shape index (κ1) is 39.4. The highest BCUT2D eigenvalue weighted by Gasteiger charge is 2.68. The zero-order chi connectivity index (χ0) is 38.3. The molecule has 12 nitrogen and oxygen atoms in total. The van der Waals surface area contributed by atoms with Crippen LogP contribution in [0.3, 0.4) is 0 Å². The molecule has 6 aliphatic rings. The van der Waals surface area contributed by atoms with Gasteiger partial charge in [-0.05, 0) is 74.0 Å². The second-order valence-electron chi connectivity index (χ2n) is 17.9. The highest BCUT2D eigenvalue weighted by atomic mass is 16.7. The number of aromatic nitrogens is 2. The number of likely N-dealkylation sites (tertiary alicyclic amines) is 1. The minimum Gasteiger partial charge on any atom is -0.404 e. The largest absolute Gasteiger partial charge is 0.482 e. The Morgan fingerprint density at radius 1 is 1.06 bits per heavy atom. The van der Waals surface area contributed by atoms with E-state index in [2.05, 4.69) is 53.3 Å². The molecule has 0 aromatic carbocycles. The van der Waals surface area contributed by atoms with Crippen LogP contribution in [0, 0.1) is 35.0 Å². The van der Waals surface area contributed by atoms with Gasteiger partial charge < -0.3 is 30.2 Å². The first-order valence-corrected chi connectivity index (χ1v) is 20.1. The molecule has 13 heteroatoms. The molecule has 4 saturated carbocycles.